The first kappa shape index (κ1) is 44.0. The molecule has 3 nitrogen and oxygen atoms in total. The first-order valence-corrected chi connectivity index (χ1v) is 16.9. The topological polar surface area (TPSA) is 38.7 Å². The van der Waals surface area contributed by atoms with E-state index in [1.807, 2.05) is 72.9 Å². The molecule has 9 heteroatoms. The van der Waals surface area contributed by atoms with Crippen molar-refractivity contribution in [3.63, 3.8) is 0 Å². The number of fused-ring (bicyclic) bond motifs is 3. The Morgan fingerprint density at radius 3 is 1.36 bits per heavy atom. The van der Waals surface area contributed by atoms with E-state index < -0.39 is 11.6 Å². The summed E-state index contributed by atoms with van der Waals surface area (Å²) in [6.45, 7) is 4.18. The van der Waals surface area contributed by atoms with Crippen molar-refractivity contribution in [2.45, 2.75) is 13.8 Å². The van der Waals surface area contributed by atoms with E-state index in [-0.39, 0.29) is 66.1 Å². The third-order valence-electron chi connectivity index (χ3n) is 8.51. The Balaban J connectivity index is 0.000000182. The molecule has 0 atom stereocenters. The van der Waals surface area contributed by atoms with Crippen LogP contribution in [0.3, 0.4) is 0 Å². The Morgan fingerprint density at radius 1 is 0.446 bits per heavy atom. The van der Waals surface area contributed by atoms with E-state index in [9.17, 15) is 13.2 Å². The maximum atomic E-state index is 13.2. The first-order chi connectivity index (χ1) is 25.8. The predicted molar refractivity (Wildman–Crippen MR) is 207 cm³/mol. The molecular weight excluding hydrogens is 1240 g/mol. The van der Waals surface area contributed by atoms with Crippen LogP contribution in [0.2, 0.25) is 0 Å². The van der Waals surface area contributed by atoms with Crippen LogP contribution in [-0.4, -0.2) is 15.0 Å². The van der Waals surface area contributed by atoms with Crippen LogP contribution in [0.15, 0.2) is 152 Å². The summed E-state index contributed by atoms with van der Waals surface area (Å²) in [6, 6.07) is 49.3. The van der Waals surface area contributed by atoms with Gasteiger partial charge in [-0.15, -0.1) is 82.4 Å². The van der Waals surface area contributed by atoms with Crippen LogP contribution >= 0.6 is 0 Å². The summed E-state index contributed by atoms with van der Waals surface area (Å²) in [5.41, 5.74) is 6.99. The van der Waals surface area contributed by atoms with Gasteiger partial charge in [-0.05, 0) is 67.6 Å². The van der Waals surface area contributed by atoms with Crippen LogP contribution in [0, 0.1) is 49.5 Å². The zero-order valence-electron chi connectivity index (χ0n) is 29.9. The summed E-state index contributed by atoms with van der Waals surface area (Å²) in [5.74, 6) is -1.63. The van der Waals surface area contributed by atoms with E-state index in [0.717, 1.165) is 55.7 Å². The molecule has 3 aromatic heterocycles. The van der Waals surface area contributed by atoms with Crippen molar-refractivity contribution in [1.29, 1.82) is 0 Å². The standard InChI is InChI=1S/C17H14N.C15H8F2N.C15H9FN.3Ir/c1-12-9-13(2)11-15(10-12)17-16-6-4-3-5-14(16)7-8-18-17;16-12-7-11(8-13(17)9-12)15-14-4-2-1-3-10(14)5-6-18-15;16-13-7-5-12(6-8-13)15-14-4-2-1-3-11(14)9-10-17-15;;;/h3-10H,1-2H3;1-7,9H;1-5,7-10H;;;/q3*-1;;;. The molecule has 0 saturated heterocycles. The number of pyridine rings is 3. The van der Waals surface area contributed by atoms with Gasteiger partial charge >= 0.3 is 0 Å². The molecule has 3 radical (unpaired) electrons. The zero-order chi connectivity index (χ0) is 36.7. The van der Waals surface area contributed by atoms with Crippen molar-refractivity contribution in [3.8, 4) is 33.8 Å². The molecular formula is C47H31F3Ir3N3-3. The van der Waals surface area contributed by atoms with Crippen molar-refractivity contribution in [2.75, 3.05) is 0 Å². The van der Waals surface area contributed by atoms with Crippen molar-refractivity contribution >= 4 is 32.3 Å². The number of hydrogen-bond donors (Lipinski definition) is 0. The van der Waals surface area contributed by atoms with Gasteiger partial charge in [0, 0.05) is 96.4 Å². The van der Waals surface area contributed by atoms with E-state index in [1.165, 1.54) is 34.5 Å². The number of benzene rings is 6. The van der Waals surface area contributed by atoms with Crippen molar-refractivity contribution in [2.24, 2.45) is 0 Å². The fourth-order valence-electron chi connectivity index (χ4n) is 6.21. The molecule has 0 aliphatic rings. The molecule has 0 spiro atoms. The maximum absolute atomic E-state index is 13.2. The summed E-state index contributed by atoms with van der Waals surface area (Å²) in [7, 11) is 0. The third kappa shape index (κ3) is 10.6. The molecule has 6 aromatic carbocycles. The maximum Gasteiger partial charge on any atom is 0.0446 e. The normalized spacial score (nSPS) is 10.2. The second kappa shape index (κ2) is 20.5. The fourth-order valence-corrected chi connectivity index (χ4v) is 6.21. The number of hydrogen-bond acceptors (Lipinski definition) is 3. The van der Waals surface area contributed by atoms with Crippen LogP contribution in [0.25, 0.3) is 66.1 Å². The van der Waals surface area contributed by atoms with Crippen LogP contribution in [0.1, 0.15) is 11.1 Å². The third-order valence-corrected chi connectivity index (χ3v) is 8.51. The second-order valence-corrected chi connectivity index (χ2v) is 12.4. The number of halogens is 3. The van der Waals surface area contributed by atoms with Gasteiger partial charge in [-0.1, -0.05) is 92.7 Å². The number of nitrogens with zero attached hydrogens (tertiary/aromatic N) is 3. The molecule has 285 valence electrons. The molecule has 9 aromatic rings. The summed E-state index contributed by atoms with van der Waals surface area (Å²) >= 11 is 0. The van der Waals surface area contributed by atoms with Gasteiger partial charge in [0.15, 0.2) is 0 Å². The smallest absolute Gasteiger partial charge is 0.0446 e. The summed E-state index contributed by atoms with van der Waals surface area (Å²) in [4.78, 5) is 13.1. The van der Waals surface area contributed by atoms with Crippen LogP contribution in [-0.2, 0) is 60.3 Å². The Labute approximate surface area is 364 Å². The van der Waals surface area contributed by atoms with Gasteiger partial charge in [0.25, 0.3) is 0 Å². The van der Waals surface area contributed by atoms with Crippen LogP contribution < -0.4 is 0 Å². The summed E-state index contributed by atoms with van der Waals surface area (Å²) < 4.78 is 39.3. The molecule has 56 heavy (non-hydrogen) atoms. The first-order valence-electron chi connectivity index (χ1n) is 16.9. The predicted octanol–water partition coefficient (Wildman–Crippen LogP) is 12.1. The van der Waals surface area contributed by atoms with Gasteiger partial charge < -0.3 is 15.0 Å². The minimum Gasteiger partial charge on any atom is -0.304 e. The number of aryl methyl sites for hydroxylation is 2. The molecule has 0 unspecified atom stereocenters. The largest absolute Gasteiger partial charge is 0.304 e. The molecule has 0 bridgehead atoms. The Hall–Kier alpha value is -4.71. The molecule has 0 aliphatic carbocycles. The van der Waals surface area contributed by atoms with Crippen molar-refractivity contribution in [3.05, 3.63) is 199 Å². The zero-order valence-corrected chi connectivity index (χ0v) is 37.1. The Morgan fingerprint density at radius 2 is 0.911 bits per heavy atom. The summed E-state index contributed by atoms with van der Waals surface area (Å²) in [6.07, 6.45) is 5.24. The average Bonchev–Trinajstić information content (AvgIpc) is 3.17. The van der Waals surface area contributed by atoms with Gasteiger partial charge in [0.1, 0.15) is 0 Å². The Kier molecular flexibility index (Phi) is 16.1. The van der Waals surface area contributed by atoms with E-state index in [0.29, 0.717) is 11.3 Å². The second-order valence-electron chi connectivity index (χ2n) is 12.4. The van der Waals surface area contributed by atoms with E-state index >= 15 is 0 Å². The Bertz CT molecular complexity index is 2520. The molecule has 0 N–H and O–H groups in total. The van der Waals surface area contributed by atoms with Gasteiger partial charge in [-0.3, -0.25) is 4.39 Å². The van der Waals surface area contributed by atoms with Crippen LogP contribution in [0.5, 0.6) is 0 Å². The molecule has 0 aliphatic heterocycles. The monoisotopic (exact) mass is 1270 g/mol. The van der Waals surface area contributed by atoms with E-state index in [2.05, 4.69) is 83.4 Å². The van der Waals surface area contributed by atoms with Gasteiger partial charge in [0.05, 0.1) is 0 Å². The molecule has 0 amide bonds. The quantitative estimate of drug-likeness (QED) is 0.166. The van der Waals surface area contributed by atoms with Gasteiger partial charge in [-0.25, -0.2) is 8.78 Å². The molecule has 9 rings (SSSR count). The molecule has 3 heterocycles. The number of rotatable bonds is 3. The van der Waals surface area contributed by atoms with Crippen LogP contribution in [0.4, 0.5) is 13.2 Å². The molecule has 0 fully saturated rings. The van der Waals surface area contributed by atoms with E-state index in [4.69, 9.17) is 0 Å². The minimum absolute atomic E-state index is 0. The minimum atomic E-state index is -0.722. The number of aromatic nitrogens is 3. The van der Waals surface area contributed by atoms with E-state index in [1.54, 1.807) is 18.5 Å². The molecule has 0 saturated carbocycles. The fraction of sp³-hybridized carbons (Fsp3) is 0.0426. The van der Waals surface area contributed by atoms with Gasteiger partial charge in [-0.2, -0.15) is 0 Å². The average molecular weight is 1270 g/mol. The van der Waals surface area contributed by atoms with Crippen molar-refractivity contribution < 1.29 is 73.5 Å². The summed E-state index contributed by atoms with van der Waals surface area (Å²) in [5, 5.41) is 6.39. The van der Waals surface area contributed by atoms with Crippen molar-refractivity contribution in [1.82, 2.24) is 15.0 Å². The van der Waals surface area contributed by atoms with Gasteiger partial charge in [0.2, 0.25) is 0 Å². The SMILES string of the molecule is Cc1[c-]c(-c2nccc3ccccc23)cc(C)c1.Fc1[c-]c(-c2nccc3ccccc23)cc(F)c1.Fc1c[c-]c(-c2nccc3ccccc23)cc1.[Ir].[Ir].[Ir].